The smallest absolute Gasteiger partial charge is 0.168 e. The summed E-state index contributed by atoms with van der Waals surface area (Å²) in [5.41, 5.74) is 9.65. The van der Waals surface area contributed by atoms with Crippen molar-refractivity contribution >= 4 is 34.1 Å². The minimum atomic E-state index is 0.259. The van der Waals surface area contributed by atoms with Crippen LogP contribution in [0.4, 0.5) is 5.69 Å². The van der Waals surface area contributed by atoms with Gasteiger partial charge in [0.05, 0.1) is 11.0 Å². The van der Waals surface area contributed by atoms with Gasteiger partial charge in [-0.15, -0.1) is 0 Å². The van der Waals surface area contributed by atoms with Crippen molar-refractivity contribution < 1.29 is 0 Å². The maximum atomic E-state index is 5.50. The summed E-state index contributed by atoms with van der Waals surface area (Å²) in [6.45, 7) is 2.83. The minimum Gasteiger partial charge on any atom is -0.376 e. The van der Waals surface area contributed by atoms with Gasteiger partial charge in [-0.2, -0.15) is 0 Å². The molecule has 0 amide bonds. The standard InChI is InChI=1S/C16H16N4S/c1-11-18-14-9-13(19-16(17)21)7-8-15(14)20(11)10-12-5-3-2-4-6-12/h2-9H,10H2,1H3,(H3,17,19,21). The molecule has 1 aromatic heterocycles. The van der Waals surface area contributed by atoms with Crippen molar-refractivity contribution in [3.8, 4) is 0 Å². The van der Waals surface area contributed by atoms with Crippen LogP contribution in [0.15, 0.2) is 48.5 Å². The second-order valence-electron chi connectivity index (χ2n) is 4.92. The lowest BCUT2D eigenvalue weighted by Crippen LogP contribution is -2.18. The Balaban J connectivity index is 1.99. The minimum absolute atomic E-state index is 0.259. The third kappa shape index (κ3) is 2.87. The van der Waals surface area contributed by atoms with Gasteiger partial charge < -0.3 is 15.6 Å². The zero-order valence-electron chi connectivity index (χ0n) is 11.7. The molecule has 3 rings (SSSR count). The number of thiocarbonyl (C=S) groups is 1. The third-order valence-electron chi connectivity index (χ3n) is 3.39. The number of hydrogen-bond donors (Lipinski definition) is 2. The summed E-state index contributed by atoms with van der Waals surface area (Å²) < 4.78 is 2.20. The van der Waals surface area contributed by atoms with Crippen molar-refractivity contribution in [2.45, 2.75) is 13.5 Å². The molecule has 0 fully saturated rings. The highest BCUT2D eigenvalue weighted by Gasteiger charge is 2.08. The fourth-order valence-electron chi connectivity index (χ4n) is 2.44. The number of nitrogens with one attached hydrogen (secondary N) is 1. The Morgan fingerprint density at radius 2 is 2.00 bits per heavy atom. The number of imidazole rings is 1. The van der Waals surface area contributed by atoms with E-state index >= 15 is 0 Å². The zero-order valence-corrected chi connectivity index (χ0v) is 12.5. The van der Waals surface area contributed by atoms with Gasteiger partial charge in [0.25, 0.3) is 0 Å². The molecule has 0 radical (unpaired) electrons. The molecule has 0 aliphatic carbocycles. The molecule has 0 bridgehead atoms. The molecule has 3 N–H and O–H groups in total. The van der Waals surface area contributed by atoms with Gasteiger partial charge in [-0.05, 0) is 42.9 Å². The molecule has 0 unspecified atom stereocenters. The summed E-state index contributed by atoms with van der Waals surface area (Å²) in [6, 6.07) is 16.3. The molecule has 0 atom stereocenters. The summed E-state index contributed by atoms with van der Waals surface area (Å²) in [5, 5.41) is 3.19. The van der Waals surface area contributed by atoms with Crippen molar-refractivity contribution in [3.05, 3.63) is 59.9 Å². The van der Waals surface area contributed by atoms with Gasteiger partial charge in [-0.3, -0.25) is 0 Å². The third-order valence-corrected chi connectivity index (χ3v) is 3.49. The lowest BCUT2D eigenvalue weighted by molar-refractivity contribution is 0.786. The maximum absolute atomic E-state index is 5.50. The molecule has 1 heterocycles. The van der Waals surface area contributed by atoms with Gasteiger partial charge >= 0.3 is 0 Å². The fraction of sp³-hybridized carbons (Fsp3) is 0.125. The summed E-state index contributed by atoms with van der Waals surface area (Å²) in [7, 11) is 0. The Hall–Kier alpha value is -2.40. The molecule has 0 saturated carbocycles. The second kappa shape index (κ2) is 5.54. The average Bonchev–Trinajstić information content (AvgIpc) is 2.75. The number of fused-ring (bicyclic) bond motifs is 1. The molecular formula is C16H16N4S. The summed E-state index contributed by atoms with van der Waals surface area (Å²) >= 11 is 4.86. The Morgan fingerprint density at radius 1 is 1.24 bits per heavy atom. The lowest BCUT2D eigenvalue weighted by atomic mass is 10.2. The van der Waals surface area contributed by atoms with E-state index in [-0.39, 0.29) is 5.11 Å². The van der Waals surface area contributed by atoms with Crippen LogP contribution in [0.2, 0.25) is 0 Å². The van der Waals surface area contributed by atoms with E-state index < -0.39 is 0 Å². The molecule has 0 aliphatic heterocycles. The highest BCUT2D eigenvalue weighted by molar-refractivity contribution is 7.80. The van der Waals surface area contributed by atoms with Crippen LogP contribution in [-0.2, 0) is 6.54 Å². The van der Waals surface area contributed by atoms with Gasteiger partial charge in [0.2, 0.25) is 0 Å². The average molecular weight is 296 g/mol. The Labute approximate surface area is 128 Å². The molecular weight excluding hydrogens is 280 g/mol. The SMILES string of the molecule is Cc1nc2cc(NC(N)=S)ccc2n1Cc1ccccc1. The number of benzene rings is 2. The molecule has 4 nitrogen and oxygen atoms in total. The van der Waals surface area contributed by atoms with Crippen LogP contribution in [0.25, 0.3) is 11.0 Å². The first kappa shape index (κ1) is 13.6. The van der Waals surface area contributed by atoms with E-state index in [0.717, 1.165) is 29.1 Å². The van der Waals surface area contributed by atoms with Crippen LogP contribution < -0.4 is 11.1 Å². The quantitative estimate of drug-likeness (QED) is 0.729. The molecule has 0 spiro atoms. The molecule has 2 aromatic carbocycles. The monoisotopic (exact) mass is 296 g/mol. The first-order chi connectivity index (χ1) is 10.1. The number of nitrogens with zero attached hydrogens (tertiary/aromatic N) is 2. The first-order valence-electron chi connectivity index (χ1n) is 6.71. The van der Waals surface area contributed by atoms with Crippen LogP contribution in [-0.4, -0.2) is 14.7 Å². The molecule has 5 heteroatoms. The number of rotatable bonds is 3. The van der Waals surface area contributed by atoms with E-state index in [1.165, 1.54) is 5.56 Å². The van der Waals surface area contributed by atoms with Crippen LogP contribution in [0.3, 0.4) is 0 Å². The summed E-state index contributed by atoms with van der Waals surface area (Å²) in [4.78, 5) is 4.62. The van der Waals surface area contributed by atoms with Crippen LogP contribution in [0, 0.1) is 6.92 Å². The van der Waals surface area contributed by atoms with Crippen molar-refractivity contribution in [3.63, 3.8) is 0 Å². The van der Waals surface area contributed by atoms with Gasteiger partial charge in [-0.1, -0.05) is 30.3 Å². The van der Waals surface area contributed by atoms with Crippen molar-refractivity contribution in [2.24, 2.45) is 5.73 Å². The van der Waals surface area contributed by atoms with E-state index in [0.29, 0.717) is 0 Å². The van der Waals surface area contributed by atoms with Crippen molar-refractivity contribution in [2.75, 3.05) is 5.32 Å². The Bertz CT molecular complexity index is 793. The number of anilines is 1. The maximum Gasteiger partial charge on any atom is 0.168 e. The lowest BCUT2D eigenvalue weighted by Gasteiger charge is -2.08. The Morgan fingerprint density at radius 3 is 2.71 bits per heavy atom. The molecule has 21 heavy (non-hydrogen) atoms. The van der Waals surface area contributed by atoms with E-state index in [4.69, 9.17) is 18.0 Å². The predicted octanol–water partition coefficient (Wildman–Crippen LogP) is 3.05. The number of aromatic nitrogens is 2. The topological polar surface area (TPSA) is 55.9 Å². The van der Waals surface area contributed by atoms with E-state index in [1.807, 2.05) is 43.3 Å². The molecule has 0 saturated heterocycles. The normalized spacial score (nSPS) is 10.7. The summed E-state index contributed by atoms with van der Waals surface area (Å²) in [5.74, 6) is 0.987. The van der Waals surface area contributed by atoms with E-state index in [2.05, 4.69) is 27.0 Å². The van der Waals surface area contributed by atoms with Crippen molar-refractivity contribution in [1.82, 2.24) is 9.55 Å². The van der Waals surface area contributed by atoms with Crippen molar-refractivity contribution in [1.29, 1.82) is 0 Å². The highest BCUT2D eigenvalue weighted by atomic mass is 32.1. The van der Waals surface area contributed by atoms with Gasteiger partial charge in [0, 0.05) is 12.2 Å². The number of nitrogens with two attached hydrogens (primary N) is 1. The van der Waals surface area contributed by atoms with Gasteiger partial charge in [0.1, 0.15) is 5.82 Å². The molecule has 3 aromatic rings. The first-order valence-corrected chi connectivity index (χ1v) is 7.11. The largest absolute Gasteiger partial charge is 0.376 e. The van der Waals surface area contributed by atoms with Crippen LogP contribution in [0.1, 0.15) is 11.4 Å². The van der Waals surface area contributed by atoms with E-state index in [1.54, 1.807) is 0 Å². The van der Waals surface area contributed by atoms with E-state index in [9.17, 15) is 0 Å². The zero-order chi connectivity index (χ0) is 14.8. The molecule has 106 valence electrons. The number of hydrogen-bond acceptors (Lipinski definition) is 2. The van der Waals surface area contributed by atoms with Gasteiger partial charge in [0.15, 0.2) is 5.11 Å². The predicted molar refractivity (Wildman–Crippen MR) is 90.4 cm³/mol. The number of aryl methyl sites for hydroxylation is 1. The second-order valence-corrected chi connectivity index (χ2v) is 5.36. The van der Waals surface area contributed by atoms with Crippen LogP contribution >= 0.6 is 12.2 Å². The summed E-state index contributed by atoms with van der Waals surface area (Å²) in [6.07, 6.45) is 0. The Kier molecular flexibility index (Phi) is 3.58. The van der Waals surface area contributed by atoms with Gasteiger partial charge in [-0.25, -0.2) is 4.98 Å². The highest BCUT2D eigenvalue weighted by Crippen LogP contribution is 2.21. The fourth-order valence-corrected chi connectivity index (χ4v) is 2.55. The molecule has 0 aliphatic rings. The van der Waals surface area contributed by atoms with Crippen LogP contribution in [0.5, 0.6) is 0 Å².